The van der Waals surface area contributed by atoms with Crippen LogP contribution in [-0.2, 0) is 0 Å². The maximum atomic E-state index is 9.92. The van der Waals surface area contributed by atoms with E-state index in [1.165, 1.54) is 12.8 Å². The Balaban J connectivity index is 1.98. The first kappa shape index (κ1) is 15.0. The molecule has 0 amide bonds. The smallest absolute Gasteiger partial charge is 0.136 e. The Hall–Kier alpha value is -1.36. The zero-order chi connectivity index (χ0) is 14.5. The molecule has 1 atom stereocenters. The molecule has 1 fully saturated rings. The number of anilines is 2. The summed E-state index contributed by atoms with van der Waals surface area (Å²) < 4.78 is 0. The summed E-state index contributed by atoms with van der Waals surface area (Å²) in [6.07, 6.45) is 2.83. The molecular formula is C15H26N4O. The highest BCUT2D eigenvalue weighted by Gasteiger charge is 2.27. The molecular weight excluding hydrogens is 252 g/mol. The topological polar surface area (TPSA) is 70.1 Å². The summed E-state index contributed by atoms with van der Waals surface area (Å²) in [5.41, 5.74) is 0. The van der Waals surface area contributed by atoms with Gasteiger partial charge in [0.15, 0.2) is 0 Å². The molecule has 1 aromatic rings. The fourth-order valence-electron chi connectivity index (χ4n) is 2.20. The van der Waals surface area contributed by atoms with Crippen molar-refractivity contribution in [3.8, 4) is 0 Å². The summed E-state index contributed by atoms with van der Waals surface area (Å²) in [6.45, 7) is 7.66. The Bertz CT molecular complexity index is 432. The van der Waals surface area contributed by atoms with Gasteiger partial charge in [-0.25, -0.2) is 9.97 Å². The molecule has 112 valence electrons. The Labute approximate surface area is 121 Å². The van der Waals surface area contributed by atoms with Crippen molar-refractivity contribution in [2.24, 2.45) is 5.92 Å². The van der Waals surface area contributed by atoms with Gasteiger partial charge >= 0.3 is 0 Å². The summed E-state index contributed by atoms with van der Waals surface area (Å²) in [7, 11) is 0. The molecule has 5 nitrogen and oxygen atoms in total. The van der Waals surface area contributed by atoms with Crippen LogP contribution >= 0.6 is 0 Å². The maximum Gasteiger partial charge on any atom is 0.136 e. The van der Waals surface area contributed by atoms with Crippen molar-refractivity contribution in [2.45, 2.75) is 52.1 Å². The minimum Gasteiger partial charge on any atom is -0.391 e. The van der Waals surface area contributed by atoms with Crippen LogP contribution in [0.25, 0.3) is 0 Å². The summed E-state index contributed by atoms with van der Waals surface area (Å²) in [6, 6.07) is 1.91. The monoisotopic (exact) mass is 278 g/mol. The van der Waals surface area contributed by atoms with Crippen LogP contribution in [0.2, 0.25) is 0 Å². The van der Waals surface area contributed by atoms with Gasteiger partial charge in [0.25, 0.3) is 0 Å². The van der Waals surface area contributed by atoms with E-state index in [0.29, 0.717) is 18.4 Å². The standard InChI is InChI=1S/C15H26N4O/c1-4-16-13-8-14(17-9-12(20)7-10(2)3)19-15(18-13)11-5-6-11/h8,10-12,20H,4-7,9H2,1-3H3,(H2,16,17,18,19). The molecule has 0 aromatic carbocycles. The molecule has 0 spiro atoms. The van der Waals surface area contributed by atoms with E-state index in [2.05, 4.69) is 41.4 Å². The molecule has 0 aliphatic heterocycles. The van der Waals surface area contributed by atoms with Crippen LogP contribution in [0.4, 0.5) is 11.6 Å². The molecule has 1 heterocycles. The second-order valence-corrected chi connectivity index (χ2v) is 5.97. The van der Waals surface area contributed by atoms with Gasteiger partial charge in [0.2, 0.25) is 0 Å². The van der Waals surface area contributed by atoms with Gasteiger partial charge in [-0.1, -0.05) is 13.8 Å². The number of aliphatic hydroxyl groups excluding tert-OH is 1. The second kappa shape index (κ2) is 6.88. The van der Waals surface area contributed by atoms with Crippen LogP contribution in [0.5, 0.6) is 0 Å². The molecule has 2 rings (SSSR count). The molecule has 1 aliphatic carbocycles. The third-order valence-corrected chi connectivity index (χ3v) is 3.31. The fraction of sp³-hybridized carbons (Fsp3) is 0.733. The molecule has 1 aliphatic rings. The lowest BCUT2D eigenvalue weighted by atomic mass is 10.1. The normalized spacial score (nSPS) is 16.2. The first-order valence-corrected chi connectivity index (χ1v) is 7.63. The number of aliphatic hydroxyl groups is 1. The number of rotatable bonds is 8. The van der Waals surface area contributed by atoms with E-state index in [-0.39, 0.29) is 6.10 Å². The van der Waals surface area contributed by atoms with Crippen LogP contribution in [0.3, 0.4) is 0 Å². The van der Waals surface area contributed by atoms with Crippen LogP contribution in [0.1, 0.15) is 51.8 Å². The summed E-state index contributed by atoms with van der Waals surface area (Å²) >= 11 is 0. The predicted molar refractivity (Wildman–Crippen MR) is 82.1 cm³/mol. The van der Waals surface area contributed by atoms with E-state index in [4.69, 9.17) is 0 Å². The van der Waals surface area contributed by atoms with Gasteiger partial charge in [0, 0.05) is 25.1 Å². The highest BCUT2D eigenvalue weighted by atomic mass is 16.3. The molecule has 5 heteroatoms. The number of aromatic nitrogens is 2. The lowest BCUT2D eigenvalue weighted by Crippen LogP contribution is -2.22. The van der Waals surface area contributed by atoms with Gasteiger partial charge in [0.05, 0.1) is 6.10 Å². The third kappa shape index (κ3) is 4.63. The van der Waals surface area contributed by atoms with Crippen LogP contribution in [0.15, 0.2) is 6.07 Å². The molecule has 1 unspecified atom stereocenters. The van der Waals surface area contributed by atoms with E-state index in [1.54, 1.807) is 0 Å². The fourth-order valence-corrected chi connectivity index (χ4v) is 2.20. The molecule has 0 saturated heterocycles. The Morgan fingerprint density at radius 2 is 1.90 bits per heavy atom. The van der Waals surface area contributed by atoms with E-state index in [0.717, 1.165) is 30.4 Å². The lowest BCUT2D eigenvalue weighted by molar-refractivity contribution is 0.161. The zero-order valence-corrected chi connectivity index (χ0v) is 12.7. The SMILES string of the molecule is CCNc1cc(NCC(O)CC(C)C)nc(C2CC2)n1. The Kier molecular flexibility index (Phi) is 5.17. The van der Waals surface area contributed by atoms with Gasteiger partial charge < -0.3 is 15.7 Å². The van der Waals surface area contributed by atoms with Crippen molar-refractivity contribution in [2.75, 3.05) is 23.7 Å². The zero-order valence-electron chi connectivity index (χ0n) is 12.7. The first-order chi connectivity index (χ1) is 9.58. The molecule has 1 aromatic heterocycles. The second-order valence-electron chi connectivity index (χ2n) is 5.97. The quantitative estimate of drug-likeness (QED) is 0.682. The van der Waals surface area contributed by atoms with Crippen LogP contribution in [-0.4, -0.2) is 34.3 Å². The van der Waals surface area contributed by atoms with Crippen molar-refractivity contribution < 1.29 is 5.11 Å². The highest BCUT2D eigenvalue weighted by Crippen LogP contribution is 2.38. The van der Waals surface area contributed by atoms with Crippen molar-refractivity contribution in [3.05, 3.63) is 11.9 Å². The number of nitrogens with zero attached hydrogens (tertiary/aromatic N) is 2. The van der Waals surface area contributed by atoms with Crippen molar-refractivity contribution in [3.63, 3.8) is 0 Å². The van der Waals surface area contributed by atoms with Crippen molar-refractivity contribution in [1.29, 1.82) is 0 Å². The van der Waals surface area contributed by atoms with Gasteiger partial charge in [-0.05, 0) is 32.1 Å². The van der Waals surface area contributed by atoms with E-state index >= 15 is 0 Å². The maximum absolute atomic E-state index is 9.92. The summed E-state index contributed by atoms with van der Waals surface area (Å²) in [4.78, 5) is 9.09. The minimum absolute atomic E-state index is 0.336. The van der Waals surface area contributed by atoms with E-state index in [9.17, 15) is 5.11 Å². The Morgan fingerprint density at radius 3 is 2.45 bits per heavy atom. The van der Waals surface area contributed by atoms with Gasteiger partial charge in [0.1, 0.15) is 17.5 Å². The first-order valence-electron chi connectivity index (χ1n) is 7.63. The van der Waals surface area contributed by atoms with Gasteiger partial charge in [-0.3, -0.25) is 0 Å². The Morgan fingerprint density at radius 1 is 1.25 bits per heavy atom. The molecule has 0 radical (unpaired) electrons. The van der Waals surface area contributed by atoms with Crippen LogP contribution in [0, 0.1) is 5.92 Å². The average molecular weight is 278 g/mol. The lowest BCUT2D eigenvalue weighted by Gasteiger charge is -2.15. The average Bonchev–Trinajstić information content (AvgIpc) is 3.20. The summed E-state index contributed by atoms with van der Waals surface area (Å²) in [5.74, 6) is 3.61. The van der Waals surface area contributed by atoms with Gasteiger partial charge in [-0.2, -0.15) is 0 Å². The van der Waals surface area contributed by atoms with E-state index < -0.39 is 0 Å². The van der Waals surface area contributed by atoms with Crippen molar-refractivity contribution >= 4 is 11.6 Å². The van der Waals surface area contributed by atoms with Crippen LogP contribution < -0.4 is 10.6 Å². The van der Waals surface area contributed by atoms with E-state index in [1.807, 2.05) is 6.07 Å². The third-order valence-electron chi connectivity index (χ3n) is 3.31. The minimum atomic E-state index is -0.336. The summed E-state index contributed by atoms with van der Waals surface area (Å²) in [5, 5.41) is 16.4. The number of hydrogen-bond acceptors (Lipinski definition) is 5. The molecule has 20 heavy (non-hydrogen) atoms. The molecule has 0 bridgehead atoms. The number of hydrogen-bond donors (Lipinski definition) is 3. The van der Waals surface area contributed by atoms with Gasteiger partial charge in [-0.15, -0.1) is 0 Å². The molecule has 1 saturated carbocycles. The molecule has 3 N–H and O–H groups in total. The van der Waals surface area contributed by atoms with Crippen molar-refractivity contribution in [1.82, 2.24) is 9.97 Å². The highest BCUT2D eigenvalue weighted by molar-refractivity contribution is 5.48. The number of nitrogens with one attached hydrogen (secondary N) is 2. The largest absolute Gasteiger partial charge is 0.391 e. The predicted octanol–water partition coefficient (Wildman–Crippen LogP) is 2.60.